The number of likely N-dealkylation sites (tertiary alicyclic amines) is 1. The van der Waals surface area contributed by atoms with E-state index in [9.17, 15) is 24.5 Å². The summed E-state index contributed by atoms with van der Waals surface area (Å²) in [5, 5.41) is 20.3. The number of amides is 3. The zero-order chi connectivity index (χ0) is 27.0. The van der Waals surface area contributed by atoms with E-state index < -0.39 is 48.9 Å². The number of aromatic hydroxyl groups is 1. The number of carbonyl (C=O) groups is 3. The number of methoxy groups -OCH3 is 1. The van der Waals surface area contributed by atoms with Crippen molar-refractivity contribution in [2.45, 2.75) is 38.6 Å². The van der Waals surface area contributed by atoms with E-state index in [1.165, 1.54) is 0 Å². The number of imide groups is 3. The second-order valence-corrected chi connectivity index (χ2v) is 9.99. The minimum Gasteiger partial charge on any atom is -0.508 e. The van der Waals surface area contributed by atoms with Gasteiger partial charge in [-0.1, -0.05) is 23.8 Å². The fourth-order valence-corrected chi connectivity index (χ4v) is 6.08. The van der Waals surface area contributed by atoms with Gasteiger partial charge in [-0.15, -0.1) is 0 Å². The first-order valence-corrected chi connectivity index (χ1v) is 12.7. The normalized spacial score (nSPS) is 25.4. The molecule has 0 radical (unpaired) electrons. The minimum atomic E-state index is -1.10. The molecule has 2 fully saturated rings. The molecule has 2 aromatic rings. The molecule has 5 rings (SSSR count). The number of phenolic OH excluding ortho intramolecular Hbond substituents is 1. The lowest BCUT2D eigenvalue weighted by molar-refractivity contribution is -0.137. The molecule has 0 bridgehead atoms. The third kappa shape index (κ3) is 4.77. The van der Waals surface area contributed by atoms with Crippen LogP contribution in [0, 0.1) is 17.8 Å². The Morgan fingerprint density at radius 1 is 1.18 bits per heavy atom. The molecule has 1 aromatic heterocycles. The molecule has 196 valence electrons. The summed E-state index contributed by atoms with van der Waals surface area (Å²) in [6.07, 6.45) is 3.89. The van der Waals surface area contributed by atoms with Crippen molar-refractivity contribution in [3.8, 4) is 5.75 Å². The van der Waals surface area contributed by atoms with Gasteiger partial charge in [-0.05, 0) is 85.5 Å². The Balaban J connectivity index is 1.43. The molecule has 38 heavy (non-hydrogen) atoms. The van der Waals surface area contributed by atoms with Crippen molar-refractivity contribution in [1.29, 1.82) is 0 Å². The van der Waals surface area contributed by atoms with Gasteiger partial charge in [0.1, 0.15) is 5.75 Å². The molecule has 3 aliphatic rings. The molecular weight excluding hydrogens is 487 g/mol. The standard InChI is InChI=1S/C28H29BN2O7/c1-16-13-20-25(27(34)31(26(20)33)28(35)37-2)21-15-29(36)38-23(24(16)21)11-8-18(22-5-3-4-12-30-22)14-17-6-9-19(32)10-7-17/h3-7,9-10,12,14,20-21,23,25,32,36H,8,11,13,15H2,1-2H3/b18-14-/t20-,21+,23-,25-/m1/s1. The Bertz CT molecular complexity index is 1310. The number of carbonyl (C=O) groups excluding carboxylic acids is 3. The van der Waals surface area contributed by atoms with E-state index in [-0.39, 0.29) is 12.1 Å². The van der Waals surface area contributed by atoms with Crippen LogP contribution in [0.2, 0.25) is 6.32 Å². The van der Waals surface area contributed by atoms with Crippen LogP contribution < -0.4 is 0 Å². The molecule has 2 N–H and O–H groups in total. The second kappa shape index (κ2) is 10.5. The van der Waals surface area contributed by atoms with E-state index >= 15 is 0 Å². The van der Waals surface area contributed by atoms with Gasteiger partial charge in [0.2, 0.25) is 11.8 Å². The van der Waals surface area contributed by atoms with Gasteiger partial charge in [0.05, 0.1) is 30.7 Å². The lowest BCUT2D eigenvalue weighted by Gasteiger charge is -2.42. The Morgan fingerprint density at radius 2 is 1.95 bits per heavy atom. The number of pyridine rings is 1. The zero-order valence-electron chi connectivity index (χ0n) is 21.2. The third-order valence-corrected chi connectivity index (χ3v) is 7.71. The predicted molar refractivity (Wildman–Crippen MR) is 139 cm³/mol. The summed E-state index contributed by atoms with van der Waals surface area (Å²) >= 11 is 0. The van der Waals surface area contributed by atoms with E-state index in [0.29, 0.717) is 24.2 Å². The summed E-state index contributed by atoms with van der Waals surface area (Å²) in [5.41, 5.74) is 4.53. The van der Waals surface area contributed by atoms with E-state index in [4.69, 9.17) is 4.65 Å². The van der Waals surface area contributed by atoms with E-state index in [1.54, 1.807) is 18.3 Å². The van der Waals surface area contributed by atoms with Crippen LogP contribution in [-0.2, 0) is 19.0 Å². The molecule has 4 atom stereocenters. The first kappa shape index (κ1) is 25.9. The summed E-state index contributed by atoms with van der Waals surface area (Å²) in [4.78, 5) is 43.5. The summed E-state index contributed by atoms with van der Waals surface area (Å²) in [6.45, 7) is 1.93. The fraction of sp³-hybridized carbons (Fsp3) is 0.357. The van der Waals surface area contributed by atoms with Gasteiger partial charge in [-0.2, -0.15) is 4.90 Å². The quantitative estimate of drug-likeness (QED) is 0.350. The summed E-state index contributed by atoms with van der Waals surface area (Å²) in [7, 11) is 0.0357. The largest absolute Gasteiger partial charge is 0.508 e. The topological polar surface area (TPSA) is 126 Å². The average Bonchev–Trinajstić information content (AvgIpc) is 3.16. The van der Waals surface area contributed by atoms with Crippen LogP contribution in [0.15, 0.2) is 59.8 Å². The summed E-state index contributed by atoms with van der Waals surface area (Å²) in [6, 6.07) is 12.6. The highest BCUT2D eigenvalue weighted by molar-refractivity contribution is 6.43. The highest BCUT2D eigenvalue weighted by atomic mass is 16.5. The first-order valence-electron chi connectivity index (χ1n) is 12.7. The van der Waals surface area contributed by atoms with Crippen molar-refractivity contribution in [3.05, 3.63) is 71.1 Å². The van der Waals surface area contributed by atoms with Crippen molar-refractivity contribution >= 4 is 36.7 Å². The molecule has 9 nitrogen and oxygen atoms in total. The second-order valence-electron chi connectivity index (χ2n) is 9.99. The molecule has 1 aliphatic carbocycles. The van der Waals surface area contributed by atoms with Crippen molar-refractivity contribution in [2.75, 3.05) is 7.11 Å². The summed E-state index contributed by atoms with van der Waals surface area (Å²) in [5.74, 6) is -2.73. The minimum absolute atomic E-state index is 0.175. The van der Waals surface area contributed by atoms with Gasteiger partial charge in [0.25, 0.3) is 0 Å². The number of ether oxygens (including phenoxy) is 1. The molecule has 1 aromatic carbocycles. The van der Waals surface area contributed by atoms with Gasteiger partial charge in [0.15, 0.2) is 0 Å². The first-order chi connectivity index (χ1) is 18.3. The molecule has 0 saturated carbocycles. The van der Waals surface area contributed by atoms with Gasteiger partial charge >= 0.3 is 13.2 Å². The average molecular weight is 516 g/mol. The SMILES string of the molecule is COC(=O)N1C(=O)[C@@H]2[C@@H](CC(C)=C3[C@@H](CC/C(=C/c4ccc(O)cc4)c4ccccn4)OB(O)C[C@@H]32)C1=O. The third-order valence-electron chi connectivity index (χ3n) is 7.71. The van der Waals surface area contributed by atoms with E-state index in [0.717, 1.165) is 35.1 Å². The Hall–Kier alpha value is -3.76. The number of benzene rings is 1. The number of aromatic nitrogens is 1. The van der Waals surface area contributed by atoms with Crippen LogP contribution in [0.1, 0.15) is 37.4 Å². The smallest absolute Gasteiger partial charge is 0.455 e. The maximum atomic E-state index is 13.2. The van der Waals surface area contributed by atoms with Gasteiger partial charge in [-0.3, -0.25) is 14.6 Å². The monoisotopic (exact) mass is 516 g/mol. The van der Waals surface area contributed by atoms with Crippen LogP contribution in [0.5, 0.6) is 5.75 Å². The van der Waals surface area contributed by atoms with Gasteiger partial charge in [0, 0.05) is 6.20 Å². The number of hydrogen-bond acceptors (Lipinski definition) is 8. The van der Waals surface area contributed by atoms with E-state index in [1.807, 2.05) is 43.3 Å². The van der Waals surface area contributed by atoms with Crippen LogP contribution in [-0.4, -0.2) is 58.3 Å². The van der Waals surface area contributed by atoms with Crippen LogP contribution in [0.4, 0.5) is 4.79 Å². The van der Waals surface area contributed by atoms with Crippen LogP contribution in [0.25, 0.3) is 11.6 Å². The number of nitrogens with zero attached hydrogens (tertiary/aromatic N) is 2. The Labute approximate surface area is 220 Å². The molecule has 0 unspecified atom stereocenters. The van der Waals surface area contributed by atoms with Crippen molar-refractivity contribution in [1.82, 2.24) is 9.88 Å². The van der Waals surface area contributed by atoms with Crippen molar-refractivity contribution in [2.24, 2.45) is 17.8 Å². The van der Waals surface area contributed by atoms with Crippen molar-refractivity contribution < 1.29 is 33.9 Å². The maximum absolute atomic E-state index is 13.2. The fourth-order valence-electron chi connectivity index (χ4n) is 6.08. The number of allylic oxidation sites excluding steroid dienone is 2. The maximum Gasteiger partial charge on any atom is 0.455 e. The predicted octanol–water partition coefficient (Wildman–Crippen LogP) is 3.69. The molecule has 0 spiro atoms. The highest BCUT2D eigenvalue weighted by Crippen LogP contribution is 2.50. The number of phenols is 1. The van der Waals surface area contributed by atoms with Gasteiger partial charge < -0.3 is 19.5 Å². The van der Waals surface area contributed by atoms with Gasteiger partial charge in [-0.25, -0.2) is 4.79 Å². The Kier molecular flexibility index (Phi) is 7.18. The Morgan fingerprint density at radius 3 is 2.63 bits per heavy atom. The molecule has 2 aliphatic heterocycles. The van der Waals surface area contributed by atoms with Crippen LogP contribution >= 0.6 is 0 Å². The van der Waals surface area contributed by atoms with Crippen molar-refractivity contribution in [3.63, 3.8) is 0 Å². The molecule has 2 saturated heterocycles. The highest BCUT2D eigenvalue weighted by Gasteiger charge is 2.58. The number of rotatable bonds is 5. The lowest BCUT2D eigenvalue weighted by atomic mass is 9.58. The van der Waals surface area contributed by atoms with E-state index in [2.05, 4.69) is 9.72 Å². The number of fused-ring (bicyclic) bond motifs is 3. The number of hydrogen-bond donors (Lipinski definition) is 2. The molecule has 10 heteroatoms. The van der Waals surface area contributed by atoms with Crippen LogP contribution in [0.3, 0.4) is 0 Å². The molecule has 3 heterocycles. The zero-order valence-corrected chi connectivity index (χ0v) is 21.2. The molecule has 3 amide bonds. The summed E-state index contributed by atoms with van der Waals surface area (Å²) < 4.78 is 10.7. The molecular formula is C28H29BN2O7. The lowest BCUT2D eigenvalue weighted by Crippen LogP contribution is -2.46.